The molecule has 0 aromatic heterocycles. The second-order valence-corrected chi connectivity index (χ2v) is 4.63. The number of hydrogen-bond donors (Lipinski definition) is 3. The Labute approximate surface area is 96.7 Å². The smallest absolute Gasteiger partial charge is 0.123 e. The Hall–Kier alpha value is -1.06. The number of piperidine rings is 1. The van der Waals surface area contributed by atoms with E-state index in [4.69, 9.17) is 5.73 Å². The molecule has 3 nitrogen and oxygen atoms in total. The molecule has 2 rings (SSSR count). The van der Waals surface area contributed by atoms with Crippen molar-refractivity contribution in [1.29, 1.82) is 0 Å². The molecule has 0 radical (unpaired) electrons. The van der Waals surface area contributed by atoms with Crippen LogP contribution in [0.25, 0.3) is 0 Å². The number of phenolic OH excluding ortho intramolecular Hbond substituents is 1. The predicted octanol–water partition coefficient (Wildman–Crippen LogP) is 1.70. The van der Waals surface area contributed by atoms with Crippen LogP contribution in [0.5, 0.6) is 5.75 Å². The Morgan fingerprint density at radius 3 is 2.75 bits per heavy atom. The van der Waals surface area contributed by atoms with E-state index >= 15 is 0 Å². The first kappa shape index (κ1) is 11.4. The molecule has 0 saturated carbocycles. The SMILES string of the molecule is Cc1cccc([C@H](N)C2CCNCC2)c1O. The molecule has 0 amide bonds. The highest BCUT2D eigenvalue weighted by atomic mass is 16.3. The van der Waals surface area contributed by atoms with Crippen molar-refractivity contribution in [3.05, 3.63) is 29.3 Å². The molecular weight excluding hydrogens is 200 g/mol. The molecule has 1 aromatic carbocycles. The molecule has 1 fully saturated rings. The molecule has 1 aliphatic rings. The van der Waals surface area contributed by atoms with Crippen LogP contribution in [0.3, 0.4) is 0 Å². The van der Waals surface area contributed by atoms with E-state index < -0.39 is 0 Å². The van der Waals surface area contributed by atoms with Gasteiger partial charge in [0.15, 0.2) is 0 Å². The highest BCUT2D eigenvalue weighted by Gasteiger charge is 2.23. The molecule has 1 aromatic rings. The van der Waals surface area contributed by atoms with Gasteiger partial charge in [0.25, 0.3) is 0 Å². The van der Waals surface area contributed by atoms with Gasteiger partial charge >= 0.3 is 0 Å². The first-order chi connectivity index (χ1) is 7.70. The molecule has 1 aliphatic heterocycles. The molecule has 16 heavy (non-hydrogen) atoms. The highest BCUT2D eigenvalue weighted by Crippen LogP contribution is 2.33. The molecule has 1 atom stereocenters. The largest absolute Gasteiger partial charge is 0.507 e. The van der Waals surface area contributed by atoms with Crippen molar-refractivity contribution in [2.75, 3.05) is 13.1 Å². The maximum atomic E-state index is 10.0. The van der Waals surface area contributed by atoms with E-state index in [0.29, 0.717) is 11.7 Å². The van der Waals surface area contributed by atoms with E-state index in [1.165, 1.54) is 0 Å². The molecule has 4 N–H and O–H groups in total. The summed E-state index contributed by atoms with van der Waals surface area (Å²) >= 11 is 0. The van der Waals surface area contributed by atoms with Crippen LogP contribution < -0.4 is 11.1 Å². The molecule has 88 valence electrons. The number of phenols is 1. The summed E-state index contributed by atoms with van der Waals surface area (Å²) in [5.74, 6) is 0.850. The molecule has 1 heterocycles. The average Bonchev–Trinajstić information content (AvgIpc) is 2.33. The minimum Gasteiger partial charge on any atom is -0.507 e. The van der Waals surface area contributed by atoms with Crippen molar-refractivity contribution < 1.29 is 5.11 Å². The van der Waals surface area contributed by atoms with E-state index in [0.717, 1.165) is 37.1 Å². The second kappa shape index (κ2) is 4.85. The van der Waals surface area contributed by atoms with Crippen LogP contribution in [0.4, 0.5) is 0 Å². The average molecular weight is 220 g/mol. The van der Waals surface area contributed by atoms with E-state index in [-0.39, 0.29) is 6.04 Å². The topological polar surface area (TPSA) is 58.3 Å². The molecule has 0 aliphatic carbocycles. The minimum absolute atomic E-state index is 0.0398. The number of aryl methyl sites for hydroxylation is 1. The molecular formula is C13H20N2O. The molecule has 0 unspecified atom stereocenters. The Morgan fingerprint density at radius 2 is 2.06 bits per heavy atom. The lowest BCUT2D eigenvalue weighted by Gasteiger charge is -2.29. The monoisotopic (exact) mass is 220 g/mol. The van der Waals surface area contributed by atoms with Crippen LogP contribution >= 0.6 is 0 Å². The third kappa shape index (κ3) is 2.20. The summed E-state index contributed by atoms with van der Waals surface area (Å²) in [4.78, 5) is 0. The quantitative estimate of drug-likeness (QED) is 0.711. The van der Waals surface area contributed by atoms with Gasteiger partial charge in [0.2, 0.25) is 0 Å². The summed E-state index contributed by atoms with van der Waals surface area (Å²) in [5.41, 5.74) is 8.05. The summed E-state index contributed by atoms with van der Waals surface area (Å²) in [5, 5.41) is 13.3. The van der Waals surface area contributed by atoms with E-state index in [9.17, 15) is 5.11 Å². The zero-order valence-corrected chi connectivity index (χ0v) is 9.74. The lowest BCUT2D eigenvalue weighted by molar-refractivity contribution is 0.316. The fourth-order valence-corrected chi connectivity index (χ4v) is 2.41. The molecule has 0 spiro atoms. The Morgan fingerprint density at radius 1 is 1.38 bits per heavy atom. The zero-order chi connectivity index (χ0) is 11.5. The van der Waals surface area contributed by atoms with Gasteiger partial charge in [0.05, 0.1) is 0 Å². The lowest BCUT2D eigenvalue weighted by Crippen LogP contribution is -2.33. The summed E-state index contributed by atoms with van der Waals surface area (Å²) in [6.45, 7) is 3.98. The van der Waals surface area contributed by atoms with Crippen LogP contribution in [0, 0.1) is 12.8 Å². The summed E-state index contributed by atoms with van der Waals surface area (Å²) in [6.07, 6.45) is 2.18. The van der Waals surface area contributed by atoms with Crippen LogP contribution in [-0.2, 0) is 0 Å². The van der Waals surface area contributed by atoms with Crippen molar-refractivity contribution >= 4 is 0 Å². The first-order valence-electron chi connectivity index (χ1n) is 5.95. The summed E-state index contributed by atoms with van der Waals surface area (Å²) in [6, 6.07) is 5.77. The maximum Gasteiger partial charge on any atom is 0.123 e. The normalized spacial score (nSPS) is 19.6. The van der Waals surface area contributed by atoms with Gasteiger partial charge in [-0.1, -0.05) is 18.2 Å². The highest BCUT2D eigenvalue weighted by molar-refractivity contribution is 5.41. The number of hydrogen-bond acceptors (Lipinski definition) is 3. The van der Waals surface area contributed by atoms with E-state index in [1.54, 1.807) is 0 Å². The Kier molecular flexibility index (Phi) is 3.46. The van der Waals surface area contributed by atoms with Crippen molar-refractivity contribution in [3.63, 3.8) is 0 Å². The van der Waals surface area contributed by atoms with E-state index in [1.807, 2.05) is 25.1 Å². The van der Waals surface area contributed by atoms with Crippen molar-refractivity contribution in [2.45, 2.75) is 25.8 Å². The minimum atomic E-state index is -0.0398. The fraction of sp³-hybridized carbons (Fsp3) is 0.538. The van der Waals surface area contributed by atoms with Crippen molar-refractivity contribution in [1.82, 2.24) is 5.32 Å². The number of benzene rings is 1. The third-order valence-electron chi connectivity index (χ3n) is 3.52. The standard InChI is InChI=1S/C13H20N2O/c1-9-3-2-4-11(13(9)16)12(14)10-5-7-15-8-6-10/h2-4,10,12,15-16H,5-8,14H2,1H3/t12-/m1/s1. The van der Waals surface area contributed by atoms with Gasteiger partial charge in [-0.25, -0.2) is 0 Å². The van der Waals surface area contributed by atoms with Gasteiger partial charge < -0.3 is 16.2 Å². The van der Waals surface area contributed by atoms with Crippen LogP contribution in [0.1, 0.15) is 30.0 Å². The number of para-hydroxylation sites is 1. The van der Waals surface area contributed by atoms with Gasteiger partial charge in [-0.15, -0.1) is 0 Å². The summed E-state index contributed by atoms with van der Waals surface area (Å²) < 4.78 is 0. The van der Waals surface area contributed by atoms with Gasteiger partial charge in [-0.3, -0.25) is 0 Å². The van der Waals surface area contributed by atoms with Gasteiger partial charge in [0, 0.05) is 11.6 Å². The van der Waals surface area contributed by atoms with Crippen LogP contribution in [-0.4, -0.2) is 18.2 Å². The van der Waals surface area contributed by atoms with Crippen molar-refractivity contribution in [2.24, 2.45) is 11.7 Å². The molecule has 1 saturated heterocycles. The maximum absolute atomic E-state index is 10.0. The predicted molar refractivity (Wildman–Crippen MR) is 65.4 cm³/mol. The van der Waals surface area contributed by atoms with E-state index in [2.05, 4.69) is 5.32 Å². The molecule has 3 heteroatoms. The van der Waals surface area contributed by atoms with Gasteiger partial charge in [-0.05, 0) is 44.3 Å². The summed E-state index contributed by atoms with van der Waals surface area (Å²) in [7, 11) is 0. The zero-order valence-electron chi connectivity index (χ0n) is 9.74. The van der Waals surface area contributed by atoms with Crippen LogP contribution in [0.15, 0.2) is 18.2 Å². The fourth-order valence-electron chi connectivity index (χ4n) is 2.41. The van der Waals surface area contributed by atoms with Gasteiger partial charge in [-0.2, -0.15) is 0 Å². The number of aromatic hydroxyl groups is 1. The first-order valence-corrected chi connectivity index (χ1v) is 5.95. The molecule has 0 bridgehead atoms. The Bertz CT molecular complexity index is 359. The number of nitrogens with two attached hydrogens (primary N) is 1. The van der Waals surface area contributed by atoms with Gasteiger partial charge in [0.1, 0.15) is 5.75 Å². The number of nitrogens with one attached hydrogen (secondary N) is 1. The lowest BCUT2D eigenvalue weighted by atomic mass is 9.86. The van der Waals surface area contributed by atoms with Crippen LogP contribution in [0.2, 0.25) is 0 Å². The number of rotatable bonds is 2. The second-order valence-electron chi connectivity index (χ2n) is 4.63. The van der Waals surface area contributed by atoms with Crippen molar-refractivity contribution in [3.8, 4) is 5.75 Å². The third-order valence-corrected chi connectivity index (χ3v) is 3.52. The Balaban J connectivity index is 2.19.